The highest BCUT2D eigenvalue weighted by Crippen LogP contribution is 2.10. The normalized spacial score (nSPS) is 9.95. The molecule has 0 aliphatic heterocycles. The Kier molecular flexibility index (Phi) is 13.8. The molecule has 0 atom stereocenters. The lowest BCUT2D eigenvalue weighted by atomic mass is 10.1. The molecule has 1 aromatic rings. The van der Waals surface area contributed by atoms with Crippen LogP contribution in [0.3, 0.4) is 0 Å². The minimum Gasteiger partial charge on any atom is -0.450 e. The largest absolute Gasteiger partial charge is 0.503 e. The number of hydrogen-bond acceptors (Lipinski definition) is 2. The highest BCUT2D eigenvalue weighted by molar-refractivity contribution is 5.53. The molecule has 122 valence electrons. The van der Waals surface area contributed by atoms with Gasteiger partial charge in [0.2, 0.25) is 0 Å². The SMILES string of the molecule is CCCCCCCCCCCCn1ccnc1.O=C(O)O. The Bertz CT molecular complexity index is 322. The summed E-state index contributed by atoms with van der Waals surface area (Å²) in [4.78, 5) is 12.6. The second kappa shape index (κ2) is 14.9. The van der Waals surface area contributed by atoms with Gasteiger partial charge >= 0.3 is 6.16 Å². The number of aryl methyl sites for hydroxylation is 1. The Balaban J connectivity index is 0.000000885. The minimum absolute atomic E-state index is 1.14. The van der Waals surface area contributed by atoms with Crippen LogP contribution in [0, 0.1) is 0 Å². The molecule has 0 saturated heterocycles. The molecule has 5 heteroatoms. The number of carbonyl (C=O) groups is 1. The molecule has 0 spiro atoms. The quantitative estimate of drug-likeness (QED) is 0.562. The van der Waals surface area contributed by atoms with Crippen LogP contribution in [0.1, 0.15) is 71.1 Å². The summed E-state index contributed by atoms with van der Waals surface area (Å²) >= 11 is 0. The zero-order valence-electron chi connectivity index (χ0n) is 13.2. The van der Waals surface area contributed by atoms with Gasteiger partial charge in [-0.1, -0.05) is 64.7 Å². The first kappa shape index (κ1) is 19.5. The molecule has 0 amide bonds. The van der Waals surface area contributed by atoms with Gasteiger partial charge in [-0.25, -0.2) is 9.78 Å². The number of hydrogen-bond donors (Lipinski definition) is 2. The Hall–Kier alpha value is -1.52. The van der Waals surface area contributed by atoms with E-state index in [0.717, 1.165) is 6.54 Å². The average molecular weight is 298 g/mol. The van der Waals surface area contributed by atoms with E-state index in [1.54, 1.807) is 0 Å². The highest BCUT2D eigenvalue weighted by Gasteiger charge is 1.93. The molecule has 0 aliphatic carbocycles. The maximum atomic E-state index is 8.56. The van der Waals surface area contributed by atoms with Gasteiger partial charge in [0.05, 0.1) is 6.33 Å². The van der Waals surface area contributed by atoms with E-state index >= 15 is 0 Å². The van der Waals surface area contributed by atoms with Gasteiger partial charge in [0, 0.05) is 18.9 Å². The van der Waals surface area contributed by atoms with E-state index in [1.165, 1.54) is 64.2 Å². The van der Waals surface area contributed by atoms with E-state index in [-0.39, 0.29) is 0 Å². The van der Waals surface area contributed by atoms with E-state index in [4.69, 9.17) is 15.0 Å². The van der Waals surface area contributed by atoms with Crippen LogP contribution in [-0.4, -0.2) is 25.9 Å². The summed E-state index contributed by atoms with van der Waals surface area (Å²) in [5.74, 6) is 0. The summed E-state index contributed by atoms with van der Waals surface area (Å²) in [6.45, 7) is 3.41. The third kappa shape index (κ3) is 16.4. The Morgan fingerprint density at radius 1 is 0.952 bits per heavy atom. The number of nitrogens with zero attached hydrogens (tertiary/aromatic N) is 2. The fourth-order valence-electron chi connectivity index (χ4n) is 2.20. The maximum Gasteiger partial charge on any atom is 0.503 e. The number of carboxylic acid groups (broad SMARTS) is 2. The first-order valence-corrected chi connectivity index (χ1v) is 8.04. The van der Waals surface area contributed by atoms with Crippen LogP contribution < -0.4 is 0 Å². The number of rotatable bonds is 11. The van der Waals surface area contributed by atoms with Crippen molar-refractivity contribution in [3.8, 4) is 0 Å². The van der Waals surface area contributed by atoms with Crippen LogP contribution in [-0.2, 0) is 6.54 Å². The first-order chi connectivity index (χ1) is 10.2. The van der Waals surface area contributed by atoms with Crippen LogP contribution in [0.4, 0.5) is 4.79 Å². The van der Waals surface area contributed by atoms with Crippen molar-refractivity contribution in [1.82, 2.24) is 9.55 Å². The standard InChI is InChI=1S/C15H28N2.CH2O3/c1-2-3-4-5-6-7-8-9-10-11-13-17-14-12-16-15-17;2-1(3)4/h12,14-15H,2-11,13H2,1H3;(H2,2,3,4). The van der Waals surface area contributed by atoms with Crippen LogP contribution >= 0.6 is 0 Å². The Labute approximate surface area is 128 Å². The van der Waals surface area contributed by atoms with Gasteiger partial charge < -0.3 is 14.8 Å². The lowest BCUT2D eigenvalue weighted by Crippen LogP contribution is -1.93. The summed E-state index contributed by atoms with van der Waals surface area (Å²) in [6.07, 6.45) is 18.0. The fraction of sp³-hybridized carbons (Fsp3) is 0.750. The fourth-order valence-corrected chi connectivity index (χ4v) is 2.20. The van der Waals surface area contributed by atoms with Crippen LogP contribution in [0.2, 0.25) is 0 Å². The average Bonchev–Trinajstić information content (AvgIpc) is 2.93. The molecule has 0 fully saturated rings. The molecule has 2 N–H and O–H groups in total. The molecule has 0 radical (unpaired) electrons. The van der Waals surface area contributed by atoms with Gasteiger partial charge in [-0.15, -0.1) is 0 Å². The van der Waals surface area contributed by atoms with Crippen molar-refractivity contribution in [2.75, 3.05) is 0 Å². The molecule has 21 heavy (non-hydrogen) atoms. The van der Waals surface area contributed by atoms with E-state index in [9.17, 15) is 0 Å². The van der Waals surface area contributed by atoms with Gasteiger partial charge in [-0.2, -0.15) is 0 Å². The van der Waals surface area contributed by atoms with E-state index < -0.39 is 6.16 Å². The predicted molar refractivity (Wildman–Crippen MR) is 84.7 cm³/mol. The third-order valence-electron chi connectivity index (χ3n) is 3.33. The molecule has 0 saturated carbocycles. The van der Waals surface area contributed by atoms with Gasteiger partial charge in [-0.3, -0.25) is 0 Å². The van der Waals surface area contributed by atoms with Gasteiger partial charge in [-0.05, 0) is 6.42 Å². The van der Waals surface area contributed by atoms with Crippen LogP contribution in [0.15, 0.2) is 18.7 Å². The highest BCUT2D eigenvalue weighted by atomic mass is 16.6. The molecular formula is C16H30N2O3. The van der Waals surface area contributed by atoms with Gasteiger partial charge in [0.15, 0.2) is 0 Å². The summed E-state index contributed by atoms with van der Waals surface area (Å²) in [6, 6.07) is 0. The van der Waals surface area contributed by atoms with Crippen molar-refractivity contribution >= 4 is 6.16 Å². The monoisotopic (exact) mass is 298 g/mol. The second-order valence-corrected chi connectivity index (χ2v) is 5.27. The van der Waals surface area contributed by atoms with Crippen LogP contribution in [0.25, 0.3) is 0 Å². The van der Waals surface area contributed by atoms with Gasteiger partial charge in [0.1, 0.15) is 0 Å². The maximum absolute atomic E-state index is 8.56. The Morgan fingerprint density at radius 3 is 1.86 bits per heavy atom. The van der Waals surface area contributed by atoms with Crippen molar-refractivity contribution in [2.24, 2.45) is 0 Å². The van der Waals surface area contributed by atoms with Crippen molar-refractivity contribution in [2.45, 2.75) is 77.7 Å². The van der Waals surface area contributed by atoms with E-state index in [0.29, 0.717) is 0 Å². The zero-order valence-corrected chi connectivity index (χ0v) is 13.2. The summed E-state index contributed by atoms with van der Waals surface area (Å²) in [7, 11) is 0. The molecule has 0 aromatic carbocycles. The Morgan fingerprint density at radius 2 is 1.43 bits per heavy atom. The number of imidazole rings is 1. The molecule has 0 bridgehead atoms. The van der Waals surface area contributed by atoms with Crippen molar-refractivity contribution in [3.63, 3.8) is 0 Å². The molecule has 1 heterocycles. The zero-order chi connectivity index (χ0) is 15.8. The first-order valence-electron chi connectivity index (χ1n) is 8.04. The summed E-state index contributed by atoms with van der Waals surface area (Å²) in [5, 5.41) is 13.9. The van der Waals surface area contributed by atoms with Crippen molar-refractivity contribution in [1.29, 1.82) is 0 Å². The van der Waals surface area contributed by atoms with Crippen molar-refractivity contribution < 1.29 is 15.0 Å². The molecule has 0 aliphatic rings. The van der Waals surface area contributed by atoms with Crippen LogP contribution in [0.5, 0.6) is 0 Å². The van der Waals surface area contributed by atoms with E-state index in [1.807, 2.05) is 18.7 Å². The molecule has 0 unspecified atom stereocenters. The molecular weight excluding hydrogens is 268 g/mol. The summed E-state index contributed by atoms with van der Waals surface area (Å²) in [5.41, 5.74) is 0. The molecule has 5 nitrogen and oxygen atoms in total. The van der Waals surface area contributed by atoms with E-state index in [2.05, 4.69) is 16.5 Å². The lowest BCUT2D eigenvalue weighted by Gasteiger charge is -2.03. The summed E-state index contributed by atoms with van der Waals surface area (Å²) < 4.78 is 2.17. The minimum atomic E-state index is -1.83. The molecule has 1 rings (SSSR count). The topological polar surface area (TPSA) is 75.4 Å². The predicted octanol–water partition coefficient (Wildman–Crippen LogP) is 5.03. The van der Waals surface area contributed by atoms with Gasteiger partial charge in [0.25, 0.3) is 0 Å². The third-order valence-corrected chi connectivity index (χ3v) is 3.33. The van der Waals surface area contributed by atoms with Crippen molar-refractivity contribution in [3.05, 3.63) is 18.7 Å². The lowest BCUT2D eigenvalue weighted by molar-refractivity contribution is 0.137. The number of aromatic nitrogens is 2. The smallest absolute Gasteiger partial charge is 0.450 e. The second-order valence-electron chi connectivity index (χ2n) is 5.27. The molecule has 1 aromatic heterocycles. The number of unbranched alkanes of at least 4 members (excludes halogenated alkanes) is 9.